The van der Waals surface area contributed by atoms with Crippen molar-refractivity contribution < 1.29 is 0 Å². The van der Waals surface area contributed by atoms with Gasteiger partial charge in [-0.1, -0.05) is 37.6 Å². The third-order valence-electron chi connectivity index (χ3n) is 2.26. The van der Waals surface area contributed by atoms with E-state index >= 15 is 0 Å². The van der Waals surface area contributed by atoms with E-state index in [-0.39, 0.29) is 0 Å². The monoisotopic (exact) mass is 197 g/mol. The van der Waals surface area contributed by atoms with Gasteiger partial charge in [0.25, 0.3) is 0 Å². The number of halogens is 1. The number of hydrogen-bond acceptors (Lipinski definition) is 1. The Bertz CT molecular complexity index is 271. The maximum absolute atomic E-state index is 6.01. The van der Waals surface area contributed by atoms with E-state index in [0.29, 0.717) is 12.0 Å². The van der Waals surface area contributed by atoms with Crippen LogP contribution in [-0.2, 0) is 0 Å². The van der Waals surface area contributed by atoms with Crippen molar-refractivity contribution in [2.24, 2.45) is 5.92 Å². The molecule has 1 aromatic rings. The topological polar surface area (TPSA) is 12.0 Å². The van der Waals surface area contributed by atoms with Crippen LogP contribution in [-0.4, -0.2) is 6.04 Å². The lowest BCUT2D eigenvalue weighted by molar-refractivity contribution is 0.560. The fraction of sp³-hybridized carbons (Fsp3) is 0.455. The zero-order chi connectivity index (χ0) is 9.84. The molecule has 72 valence electrons. The van der Waals surface area contributed by atoms with Crippen molar-refractivity contribution in [3.8, 4) is 0 Å². The molecule has 0 saturated heterocycles. The number of rotatable bonds is 3. The van der Waals surface area contributed by atoms with Gasteiger partial charge in [0, 0.05) is 6.04 Å². The van der Waals surface area contributed by atoms with Crippen molar-refractivity contribution in [2.75, 3.05) is 5.32 Å². The molecule has 0 spiro atoms. The van der Waals surface area contributed by atoms with E-state index in [4.69, 9.17) is 11.6 Å². The van der Waals surface area contributed by atoms with Crippen molar-refractivity contribution in [3.05, 3.63) is 29.3 Å². The quantitative estimate of drug-likeness (QED) is 0.778. The first kappa shape index (κ1) is 10.4. The molecular weight excluding hydrogens is 182 g/mol. The van der Waals surface area contributed by atoms with E-state index in [9.17, 15) is 0 Å². The van der Waals surface area contributed by atoms with Gasteiger partial charge in [0.15, 0.2) is 0 Å². The van der Waals surface area contributed by atoms with Gasteiger partial charge < -0.3 is 5.32 Å². The van der Waals surface area contributed by atoms with Gasteiger partial charge in [0.2, 0.25) is 0 Å². The molecule has 1 aromatic carbocycles. The molecule has 0 aromatic heterocycles. The zero-order valence-electron chi connectivity index (χ0n) is 8.34. The summed E-state index contributed by atoms with van der Waals surface area (Å²) < 4.78 is 0. The van der Waals surface area contributed by atoms with E-state index in [1.807, 2.05) is 24.3 Å². The lowest BCUT2D eigenvalue weighted by atomic mass is 10.1. The Balaban J connectivity index is 2.69. The molecule has 0 aliphatic rings. The number of hydrogen-bond donors (Lipinski definition) is 1. The molecule has 0 radical (unpaired) electrons. The van der Waals surface area contributed by atoms with Crippen LogP contribution in [0.25, 0.3) is 0 Å². The third kappa shape index (κ3) is 2.92. The van der Waals surface area contributed by atoms with Gasteiger partial charge >= 0.3 is 0 Å². The average molecular weight is 198 g/mol. The van der Waals surface area contributed by atoms with Crippen molar-refractivity contribution in [1.29, 1.82) is 0 Å². The molecular formula is C11H16ClN. The second-order valence-corrected chi connectivity index (χ2v) is 4.06. The lowest BCUT2D eigenvalue weighted by Crippen LogP contribution is -2.21. The highest BCUT2D eigenvalue weighted by molar-refractivity contribution is 6.33. The Labute approximate surface area is 85.1 Å². The summed E-state index contributed by atoms with van der Waals surface area (Å²) in [7, 11) is 0. The summed E-state index contributed by atoms with van der Waals surface area (Å²) in [4.78, 5) is 0. The molecule has 0 fully saturated rings. The standard InChI is InChI=1S/C11H16ClN/c1-8(2)9(3)13-11-7-5-4-6-10(11)12/h4-9,13H,1-3H3/t9-/m0/s1. The highest BCUT2D eigenvalue weighted by Gasteiger charge is 2.07. The molecule has 0 saturated carbocycles. The van der Waals surface area contributed by atoms with Crippen LogP contribution in [0.4, 0.5) is 5.69 Å². The van der Waals surface area contributed by atoms with E-state index in [0.717, 1.165) is 10.7 Å². The largest absolute Gasteiger partial charge is 0.381 e. The predicted octanol–water partition coefficient (Wildman–Crippen LogP) is 3.80. The first-order valence-corrected chi connectivity index (χ1v) is 5.00. The van der Waals surface area contributed by atoms with E-state index in [1.165, 1.54) is 0 Å². The second kappa shape index (κ2) is 4.52. The highest BCUT2D eigenvalue weighted by atomic mass is 35.5. The molecule has 1 nitrogen and oxygen atoms in total. The van der Waals surface area contributed by atoms with E-state index in [1.54, 1.807) is 0 Å². The summed E-state index contributed by atoms with van der Waals surface area (Å²) in [5.74, 6) is 0.608. The second-order valence-electron chi connectivity index (χ2n) is 3.66. The minimum Gasteiger partial charge on any atom is -0.381 e. The minimum absolute atomic E-state index is 0.444. The highest BCUT2D eigenvalue weighted by Crippen LogP contribution is 2.22. The molecule has 1 atom stereocenters. The number of benzene rings is 1. The molecule has 0 aliphatic heterocycles. The van der Waals surface area contributed by atoms with Crippen LogP contribution in [0.2, 0.25) is 5.02 Å². The zero-order valence-corrected chi connectivity index (χ0v) is 9.10. The predicted molar refractivity (Wildman–Crippen MR) is 59.4 cm³/mol. The van der Waals surface area contributed by atoms with Gasteiger partial charge in [0.05, 0.1) is 10.7 Å². The average Bonchev–Trinajstić information content (AvgIpc) is 2.08. The van der Waals surface area contributed by atoms with Gasteiger partial charge in [-0.05, 0) is 25.0 Å². The van der Waals surface area contributed by atoms with E-state index in [2.05, 4.69) is 26.1 Å². The van der Waals surface area contributed by atoms with Crippen molar-refractivity contribution >= 4 is 17.3 Å². The maximum atomic E-state index is 6.01. The molecule has 13 heavy (non-hydrogen) atoms. The molecule has 1 N–H and O–H groups in total. The summed E-state index contributed by atoms with van der Waals surface area (Å²) in [5.41, 5.74) is 1.02. The Hall–Kier alpha value is -0.690. The number of anilines is 1. The molecule has 1 rings (SSSR count). The Morgan fingerprint density at radius 2 is 1.77 bits per heavy atom. The molecule has 0 bridgehead atoms. The van der Waals surface area contributed by atoms with Gasteiger partial charge in [-0.15, -0.1) is 0 Å². The van der Waals surface area contributed by atoms with Crippen molar-refractivity contribution in [1.82, 2.24) is 0 Å². The van der Waals surface area contributed by atoms with Gasteiger partial charge in [0.1, 0.15) is 0 Å². The summed E-state index contributed by atoms with van der Waals surface area (Å²) in [6, 6.07) is 8.27. The normalized spacial score (nSPS) is 13.0. The van der Waals surface area contributed by atoms with Crippen LogP contribution >= 0.6 is 11.6 Å². The van der Waals surface area contributed by atoms with Crippen LogP contribution < -0.4 is 5.32 Å². The third-order valence-corrected chi connectivity index (χ3v) is 2.59. The minimum atomic E-state index is 0.444. The van der Waals surface area contributed by atoms with Crippen LogP contribution in [0.1, 0.15) is 20.8 Å². The Morgan fingerprint density at radius 1 is 1.15 bits per heavy atom. The lowest BCUT2D eigenvalue weighted by Gasteiger charge is -2.19. The van der Waals surface area contributed by atoms with Crippen molar-refractivity contribution in [2.45, 2.75) is 26.8 Å². The van der Waals surface area contributed by atoms with Crippen LogP contribution in [0.5, 0.6) is 0 Å². The summed E-state index contributed by atoms with van der Waals surface area (Å²) >= 11 is 6.01. The first-order valence-electron chi connectivity index (χ1n) is 4.62. The summed E-state index contributed by atoms with van der Waals surface area (Å²) in [5, 5.41) is 4.16. The Morgan fingerprint density at radius 3 is 2.31 bits per heavy atom. The smallest absolute Gasteiger partial charge is 0.0637 e. The number of para-hydroxylation sites is 1. The van der Waals surface area contributed by atoms with E-state index < -0.39 is 0 Å². The molecule has 0 aliphatic carbocycles. The fourth-order valence-corrected chi connectivity index (χ4v) is 1.18. The SMILES string of the molecule is CC(C)[C@H](C)Nc1ccccc1Cl. The molecule has 0 heterocycles. The maximum Gasteiger partial charge on any atom is 0.0637 e. The first-order chi connectivity index (χ1) is 6.11. The van der Waals surface area contributed by atoms with Crippen LogP contribution in [0.3, 0.4) is 0 Å². The molecule has 0 amide bonds. The molecule has 2 heteroatoms. The van der Waals surface area contributed by atoms with Gasteiger partial charge in [-0.25, -0.2) is 0 Å². The summed E-state index contributed by atoms with van der Waals surface area (Å²) in [6.07, 6.45) is 0. The van der Waals surface area contributed by atoms with Crippen molar-refractivity contribution in [3.63, 3.8) is 0 Å². The Kier molecular flexibility index (Phi) is 3.61. The summed E-state index contributed by atoms with van der Waals surface area (Å²) in [6.45, 7) is 6.54. The van der Waals surface area contributed by atoms with Gasteiger partial charge in [-0.3, -0.25) is 0 Å². The number of nitrogens with one attached hydrogen (secondary N) is 1. The fourth-order valence-electron chi connectivity index (χ4n) is 0.990. The molecule has 0 unspecified atom stereocenters. The van der Waals surface area contributed by atoms with Crippen LogP contribution in [0.15, 0.2) is 24.3 Å². The van der Waals surface area contributed by atoms with Gasteiger partial charge in [-0.2, -0.15) is 0 Å². The van der Waals surface area contributed by atoms with Crippen LogP contribution in [0, 0.1) is 5.92 Å².